The van der Waals surface area contributed by atoms with Crippen LogP contribution in [0.25, 0.3) is 0 Å². The highest BCUT2D eigenvalue weighted by Gasteiger charge is 2.21. The maximum absolute atomic E-state index is 12.0. The molecule has 0 spiro atoms. The molecule has 2 aromatic heterocycles. The molecule has 0 unspecified atom stereocenters. The molecular weight excluding hydrogens is 350 g/mol. The standard InChI is InChI=1S/C13H15N7O6/c1-18-11(13(23)24)9(5-16-18)12(22)15-3-2-14-10(21)7-19-6-8(4-17-19)20(25)26/h4-6H,2-3,7H2,1H3,(H,14,21)(H,15,22)(H,23,24). The van der Waals surface area contributed by atoms with Crippen LogP contribution in [0.1, 0.15) is 20.8 Å². The van der Waals surface area contributed by atoms with Crippen LogP contribution in [-0.4, -0.2) is 60.5 Å². The summed E-state index contributed by atoms with van der Waals surface area (Å²) in [6.45, 7) is -0.0814. The van der Waals surface area contributed by atoms with Crippen LogP contribution >= 0.6 is 0 Å². The Morgan fingerprint density at radius 2 is 1.92 bits per heavy atom. The number of hydrogen-bond acceptors (Lipinski definition) is 7. The number of aromatic carboxylic acids is 1. The fourth-order valence-corrected chi connectivity index (χ4v) is 2.07. The maximum Gasteiger partial charge on any atom is 0.354 e. The van der Waals surface area contributed by atoms with Gasteiger partial charge in [-0.05, 0) is 0 Å². The van der Waals surface area contributed by atoms with Gasteiger partial charge in [-0.3, -0.25) is 29.1 Å². The largest absolute Gasteiger partial charge is 0.477 e. The lowest BCUT2D eigenvalue weighted by molar-refractivity contribution is -0.385. The maximum atomic E-state index is 12.0. The van der Waals surface area contributed by atoms with Gasteiger partial charge in [0, 0.05) is 20.1 Å². The van der Waals surface area contributed by atoms with E-state index >= 15 is 0 Å². The summed E-state index contributed by atoms with van der Waals surface area (Å²) in [7, 11) is 1.40. The summed E-state index contributed by atoms with van der Waals surface area (Å²) < 4.78 is 2.18. The van der Waals surface area contributed by atoms with Crippen molar-refractivity contribution in [3.05, 3.63) is 40.0 Å². The molecular formula is C13H15N7O6. The van der Waals surface area contributed by atoms with Crippen LogP contribution in [0.4, 0.5) is 5.69 Å². The van der Waals surface area contributed by atoms with Gasteiger partial charge in [-0.2, -0.15) is 10.2 Å². The van der Waals surface area contributed by atoms with Crippen molar-refractivity contribution in [1.82, 2.24) is 30.2 Å². The molecule has 13 heteroatoms. The lowest BCUT2D eigenvalue weighted by atomic mass is 10.2. The number of nitro groups is 1. The summed E-state index contributed by atoms with van der Waals surface area (Å²) in [4.78, 5) is 44.7. The third-order valence-corrected chi connectivity index (χ3v) is 3.25. The predicted octanol–water partition coefficient (Wildman–Crippen LogP) is -1.23. The molecule has 0 aliphatic carbocycles. The van der Waals surface area contributed by atoms with Crippen molar-refractivity contribution in [2.45, 2.75) is 6.54 Å². The molecule has 2 heterocycles. The fraction of sp³-hybridized carbons (Fsp3) is 0.308. The minimum atomic E-state index is -1.28. The van der Waals surface area contributed by atoms with E-state index in [9.17, 15) is 24.5 Å². The van der Waals surface area contributed by atoms with Gasteiger partial charge in [0.1, 0.15) is 18.9 Å². The summed E-state index contributed by atoms with van der Waals surface area (Å²) in [6.07, 6.45) is 3.29. The quantitative estimate of drug-likeness (QED) is 0.296. The fourth-order valence-electron chi connectivity index (χ4n) is 2.07. The van der Waals surface area contributed by atoms with Crippen molar-refractivity contribution in [2.24, 2.45) is 7.05 Å². The zero-order chi connectivity index (χ0) is 19.3. The van der Waals surface area contributed by atoms with Crippen molar-refractivity contribution in [3.8, 4) is 0 Å². The molecule has 0 radical (unpaired) electrons. The molecule has 0 saturated carbocycles. The molecule has 138 valence electrons. The summed E-state index contributed by atoms with van der Waals surface area (Å²) >= 11 is 0. The monoisotopic (exact) mass is 365 g/mol. The van der Waals surface area contributed by atoms with Crippen LogP contribution in [-0.2, 0) is 18.4 Å². The number of carboxylic acid groups (broad SMARTS) is 1. The molecule has 3 N–H and O–H groups in total. The summed E-state index contributed by atoms with van der Waals surface area (Å²) in [5.74, 6) is -2.37. The number of nitrogens with one attached hydrogen (secondary N) is 2. The molecule has 2 aromatic rings. The molecule has 26 heavy (non-hydrogen) atoms. The Hall–Kier alpha value is -3.77. The van der Waals surface area contributed by atoms with Crippen molar-refractivity contribution in [1.29, 1.82) is 0 Å². The average Bonchev–Trinajstić information content (AvgIpc) is 3.18. The number of hydrogen-bond donors (Lipinski definition) is 3. The Kier molecular flexibility index (Phi) is 5.62. The predicted molar refractivity (Wildman–Crippen MR) is 84.4 cm³/mol. The van der Waals surface area contributed by atoms with E-state index in [2.05, 4.69) is 20.8 Å². The first kappa shape index (κ1) is 18.6. The summed E-state index contributed by atoms with van der Waals surface area (Å²) in [6, 6.07) is 0. The van der Waals surface area contributed by atoms with Gasteiger partial charge in [0.15, 0.2) is 5.69 Å². The van der Waals surface area contributed by atoms with Gasteiger partial charge in [-0.15, -0.1) is 0 Å². The lowest BCUT2D eigenvalue weighted by Crippen LogP contribution is -2.36. The molecule has 0 aromatic carbocycles. The van der Waals surface area contributed by atoms with Gasteiger partial charge in [0.05, 0.1) is 16.7 Å². The molecule has 0 bridgehead atoms. The second-order valence-corrected chi connectivity index (χ2v) is 5.09. The molecule has 13 nitrogen and oxygen atoms in total. The molecule has 0 saturated heterocycles. The smallest absolute Gasteiger partial charge is 0.354 e. The normalized spacial score (nSPS) is 10.3. The van der Waals surface area contributed by atoms with Crippen molar-refractivity contribution < 1.29 is 24.4 Å². The Bertz CT molecular complexity index is 855. The second kappa shape index (κ2) is 7.87. The number of amides is 2. The number of aryl methyl sites for hydroxylation is 1. The molecule has 2 rings (SSSR count). The number of carbonyl (C=O) groups excluding carboxylic acids is 2. The highest BCUT2D eigenvalue weighted by atomic mass is 16.6. The van der Waals surface area contributed by atoms with Crippen LogP contribution < -0.4 is 10.6 Å². The summed E-state index contributed by atoms with van der Waals surface area (Å²) in [5.41, 5.74) is -0.558. The van der Waals surface area contributed by atoms with E-state index in [0.29, 0.717) is 0 Å². The molecule has 0 atom stereocenters. The van der Waals surface area contributed by atoms with Gasteiger partial charge in [0.2, 0.25) is 5.91 Å². The van der Waals surface area contributed by atoms with E-state index in [1.54, 1.807) is 0 Å². The number of aromatic nitrogens is 4. The van der Waals surface area contributed by atoms with E-state index in [-0.39, 0.29) is 36.6 Å². The van der Waals surface area contributed by atoms with Crippen LogP contribution in [0.15, 0.2) is 18.6 Å². The van der Waals surface area contributed by atoms with E-state index in [0.717, 1.165) is 28.0 Å². The van der Waals surface area contributed by atoms with Crippen molar-refractivity contribution >= 4 is 23.5 Å². The van der Waals surface area contributed by atoms with Gasteiger partial charge < -0.3 is 15.7 Å². The van der Waals surface area contributed by atoms with Gasteiger partial charge in [-0.25, -0.2) is 4.79 Å². The lowest BCUT2D eigenvalue weighted by Gasteiger charge is -2.07. The topological polar surface area (TPSA) is 174 Å². The molecule has 0 aliphatic rings. The van der Waals surface area contributed by atoms with E-state index in [4.69, 9.17) is 5.11 Å². The van der Waals surface area contributed by atoms with Crippen LogP contribution in [0.2, 0.25) is 0 Å². The number of rotatable bonds is 8. The number of carbonyl (C=O) groups is 3. The van der Waals surface area contributed by atoms with Gasteiger partial charge in [-0.1, -0.05) is 0 Å². The van der Waals surface area contributed by atoms with Crippen molar-refractivity contribution in [2.75, 3.05) is 13.1 Å². The molecule has 2 amide bonds. The third kappa shape index (κ3) is 4.40. The first-order chi connectivity index (χ1) is 12.3. The zero-order valence-corrected chi connectivity index (χ0v) is 13.6. The minimum absolute atomic E-state index is 0.0534. The highest BCUT2D eigenvalue weighted by molar-refractivity contribution is 6.03. The van der Waals surface area contributed by atoms with Crippen LogP contribution in [0.3, 0.4) is 0 Å². The Balaban J connectivity index is 1.77. The molecule has 0 fully saturated rings. The Labute approximate surface area is 145 Å². The number of carboxylic acids is 1. The van der Waals surface area contributed by atoms with E-state index in [1.165, 1.54) is 7.05 Å². The minimum Gasteiger partial charge on any atom is -0.477 e. The Morgan fingerprint density at radius 3 is 2.54 bits per heavy atom. The Morgan fingerprint density at radius 1 is 1.23 bits per heavy atom. The summed E-state index contributed by atoms with van der Waals surface area (Å²) in [5, 5.41) is 32.0. The first-order valence-electron chi connectivity index (χ1n) is 7.26. The average molecular weight is 365 g/mol. The van der Waals surface area contributed by atoms with Crippen molar-refractivity contribution in [3.63, 3.8) is 0 Å². The SMILES string of the molecule is Cn1ncc(C(=O)NCCNC(=O)Cn2cc([N+](=O)[O-])cn2)c1C(=O)O. The zero-order valence-electron chi connectivity index (χ0n) is 13.6. The van der Waals surface area contributed by atoms with Crippen LogP contribution in [0.5, 0.6) is 0 Å². The van der Waals surface area contributed by atoms with Gasteiger partial charge in [0.25, 0.3) is 5.91 Å². The van der Waals surface area contributed by atoms with Crippen LogP contribution in [0, 0.1) is 10.1 Å². The van der Waals surface area contributed by atoms with Gasteiger partial charge >= 0.3 is 11.7 Å². The second-order valence-electron chi connectivity index (χ2n) is 5.09. The molecule has 0 aliphatic heterocycles. The third-order valence-electron chi connectivity index (χ3n) is 3.25. The van der Waals surface area contributed by atoms with E-state index < -0.39 is 22.7 Å². The first-order valence-corrected chi connectivity index (χ1v) is 7.26. The number of nitrogens with zero attached hydrogens (tertiary/aromatic N) is 5. The highest BCUT2D eigenvalue weighted by Crippen LogP contribution is 2.08. The van der Waals surface area contributed by atoms with E-state index in [1.807, 2.05) is 0 Å².